The highest BCUT2D eigenvalue weighted by Crippen LogP contribution is 2.20. The van der Waals surface area contributed by atoms with E-state index >= 15 is 0 Å². The number of esters is 3. The van der Waals surface area contributed by atoms with Gasteiger partial charge in [-0.15, -0.1) is 0 Å². The highest BCUT2D eigenvalue weighted by atomic mass is 16.6. The maximum atomic E-state index is 11.2. The lowest BCUT2D eigenvalue weighted by molar-refractivity contribution is -0.255. The molecule has 19 nitrogen and oxygen atoms in total. The van der Waals surface area contributed by atoms with Crippen LogP contribution in [0.15, 0.2) is 37.5 Å². The number of aliphatic hydroxyl groups excluding tert-OH is 3. The number of aliphatic hydroxyl groups is 3. The molecular weight excluding hydrogens is 656 g/mol. The van der Waals surface area contributed by atoms with Crippen molar-refractivity contribution >= 4 is 47.4 Å². The van der Waals surface area contributed by atoms with Crippen LogP contribution in [-0.2, 0) is 57.3 Å². The Labute approximate surface area is 285 Å². The Morgan fingerprint density at radius 1 is 0.776 bits per heavy atom. The molecule has 5 amide bonds. The average Bonchev–Trinajstić information content (AvgIpc) is 2.98. The van der Waals surface area contributed by atoms with Crippen molar-refractivity contribution < 1.29 is 72.6 Å². The minimum atomic E-state index is -1.52. The Bertz CT molecular complexity index is 1160. The zero-order chi connectivity index (χ0) is 36.7. The molecule has 19 heteroatoms. The van der Waals surface area contributed by atoms with Crippen molar-refractivity contribution in [3.63, 3.8) is 0 Å². The van der Waals surface area contributed by atoms with Gasteiger partial charge in [0.05, 0.1) is 6.67 Å². The predicted molar refractivity (Wildman–Crippen MR) is 172 cm³/mol. The third kappa shape index (κ3) is 25.8. The lowest BCUT2D eigenvalue weighted by Gasteiger charge is -2.40. The molecule has 1 saturated heterocycles. The van der Waals surface area contributed by atoms with Crippen LogP contribution >= 0.6 is 0 Å². The number of nitrogens with one attached hydrogen (secondary N) is 4. The Morgan fingerprint density at radius 2 is 1.35 bits per heavy atom. The highest BCUT2D eigenvalue weighted by Gasteiger charge is 2.44. The van der Waals surface area contributed by atoms with Crippen LogP contribution in [0.4, 0.5) is 0 Å². The monoisotopic (exact) mass is 706 g/mol. The number of rotatable bonds is 13. The van der Waals surface area contributed by atoms with Crippen molar-refractivity contribution in [1.82, 2.24) is 21.3 Å². The number of carbonyl (C=O) groups is 8. The largest absolute Gasteiger partial charge is 0.462 e. The summed E-state index contributed by atoms with van der Waals surface area (Å²) >= 11 is 0. The number of carbonyl (C=O) groups excluding carboxylic acids is 8. The second-order valence-electron chi connectivity index (χ2n) is 9.18. The molecule has 0 aromatic carbocycles. The molecular formula is C30H50N4O15. The summed E-state index contributed by atoms with van der Waals surface area (Å²) in [5.74, 6) is -4.24. The topological polar surface area (TPSA) is 282 Å². The Balaban J connectivity index is -0.000000328. The second-order valence-corrected chi connectivity index (χ2v) is 9.18. The first-order valence-electron chi connectivity index (χ1n) is 13.5. The summed E-state index contributed by atoms with van der Waals surface area (Å²) in [5, 5.41) is 38.1. The normalized spacial score (nSPS) is 18.4. The van der Waals surface area contributed by atoms with Gasteiger partial charge in [0.15, 0.2) is 6.29 Å². The molecule has 280 valence electrons. The zero-order valence-electron chi connectivity index (χ0n) is 26.4. The molecule has 1 fully saturated rings. The van der Waals surface area contributed by atoms with Crippen LogP contribution in [0.5, 0.6) is 0 Å². The van der Waals surface area contributed by atoms with Crippen LogP contribution in [0.25, 0.3) is 0 Å². The molecule has 1 rings (SSSR count). The number of ether oxygens (including phenoxy) is 4. The third-order valence-corrected chi connectivity index (χ3v) is 4.99. The SMILES string of the molecule is C.C.C=C(C)C(=O)OCCOC(=O)CC(=O)NCNC(C)=O.C=CC(=O)NC(C)=O.C=CC(=O)OCC1OC(O)C(NC(C)=O)C(O)C1O. The second kappa shape index (κ2) is 28.1. The lowest BCUT2D eigenvalue weighted by Crippen LogP contribution is -2.64. The molecule has 1 heterocycles. The first kappa shape index (κ1) is 50.9. The molecule has 0 aromatic rings. The van der Waals surface area contributed by atoms with E-state index in [1.54, 1.807) is 0 Å². The van der Waals surface area contributed by atoms with Crippen LogP contribution < -0.4 is 21.3 Å². The van der Waals surface area contributed by atoms with E-state index in [1.165, 1.54) is 27.7 Å². The summed E-state index contributed by atoms with van der Waals surface area (Å²) in [4.78, 5) is 85.9. The molecule has 49 heavy (non-hydrogen) atoms. The lowest BCUT2D eigenvalue weighted by atomic mass is 9.97. The third-order valence-electron chi connectivity index (χ3n) is 4.99. The van der Waals surface area contributed by atoms with Gasteiger partial charge in [-0.3, -0.25) is 34.1 Å². The van der Waals surface area contributed by atoms with Gasteiger partial charge in [0.2, 0.25) is 29.5 Å². The summed E-state index contributed by atoms with van der Waals surface area (Å²) in [6.07, 6.45) is -3.98. The minimum absolute atomic E-state index is 0. The van der Waals surface area contributed by atoms with Gasteiger partial charge in [0.1, 0.15) is 50.6 Å². The summed E-state index contributed by atoms with van der Waals surface area (Å²) in [6.45, 7) is 14.3. The van der Waals surface area contributed by atoms with Gasteiger partial charge in [-0.25, -0.2) is 9.59 Å². The quantitative estimate of drug-likeness (QED) is 0.0273. The maximum absolute atomic E-state index is 11.2. The van der Waals surface area contributed by atoms with E-state index in [0.717, 1.165) is 12.2 Å². The van der Waals surface area contributed by atoms with Gasteiger partial charge < -0.3 is 50.2 Å². The molecule has 0 bridgehead atoms. The molecule has 1 aliphatic rings. The van der Waals surface area contributed by atoms with Crippen LogP contribution in [0, 0.1) is 0 Å². The fraction of sp³-hybridized carbons (Fsp3) is 0.533. The molecule has 5 unspecified atom stereocenters. The summed E-state index contributed by atoms with van der Waals surface area (Å²) in [5.41, 5.74) is 0.244. The number of imide groups is 1. The van der Waals surface area contributed by atoms with E-state index in [9.17, 15) is 53.7 Å². The minimum Gasteiger partial charge on any atom is -0.462 e. The Hall–Kier alpha value is -4.98. The van der Waals surface area contributed by atoms with Crippen LogP contribution in [-0.4, -0.2) is 120 Å². The molecule has 0 spiro atoms. The molecule has 5 atom stereocenters. The van der Waals surface area contributed by atoms with Gasteiger partial charge in [0, 0.05) is 32.4 Å². The van der Waals surface area contributed by atoms with Crippen molar-refractivity contribution in [3.8, 4) is 0 Å². The van der Waals surface area contributed by atoms with Crippen LogP contribution in [0.2, 0.25) is 0 Å². The fourth-order valence-electron chi connectivity index (χ4n) is 2.85. The van der Waals surface area contributed by atoms with Crippen molar-refractivity contribution in [1.29, 1.82) is 0 Å². The highest BCUT2D eigenvalue weighted by molar-refractivity contribution is 5.99. The van der Waals surface area contributed by atoms with Crippen LogP contribution in [0.3, 0.4) is 0 Å². The van der Waals surface area contributed by atoms with Crippen molar-refractivity contribution in [2.24, 2.45) is 0 Å². The first-order chi connectivity index (χ1) is 21.9. The predicted octanol–water partition coefficient (Wildman–Crippen LogP) is -1.98. The average molecular weight is 707 g/mol. The molecule has 0 saturated carbocycles. The summed E-state index contributed by atoms with van der Waals surface area (Å²) < 4.78 is 19.0. The smallest absolute Gasteiger partial charge is 0.333 e. The standard InChI is InChI=1S/C12H18N2O6.C11H17NO7.C5H7NO2.2CH4/c1-8(2)12(18)20-5-4-19-11(17)6-10(16)14-7-13-9(3)15;1-3-7(14)18-4-6-9(15)10(16)8(11(17)19-6)12-5(2)13;1-3-5(8)6-4(2)7;;/h1,4-7H2,2-3H3,(H,13,15)(H,14,16);3,6,8-11,15-17H,1,4H2,2H3,(H,12,13);3H,1H2,2H3,(H,6,7,8);2*1H4. The molecule has 0 radical (unpaired) electrons. The van der Waals surface area contributed by atoms with Gasteiger partial charge in [-0.2, -0.15) is 0 Å². The molecule has 7 N–H and O–H groups in total. The van der Waals surface area contributed by atoms with Gasteiger partial charge in [0.25, 0.3) is 0 Å². The van der Waals surface area contributed by atoms with E-state index in [0.29, 0.717) is 0 Å². The maximum Gasteiger partial charge on any atom is 0.333 e. The Morgan fingerprint density at radius 3 is 1.80 bits per heavy atom. The molecule has 1 aliphatic heterocycles. The van der Waals surface area contributed by atoms with Crippen molar-refractivity contribution in [2.75, 3.05) is 26.5 Å². The van der Waals surface area contributed by atoms with E-state index < -0.39 is 72.7 Å². The number of hydrogen-bond donors (Lipinski definition) is 7. The van der Waals surface area contributed by atoms with E-state index in [4.69, 9.17) is 4.74 Å². The van der Waals surface area contributed by atoms with Gasteiger partial charge >= 0.3 is 17.9 Å². The van der Waals surface area contributed by atoms with Crippen LogP contribution in [0.1, 0.15) is 49.0 Å². The van der Waals surface area contributed by atoms with E-state index in [2.05, 4.69) is 49.9 Å². The van der Waals surface area contributed by atoms with E-state index in [-0.39, 0.29) is 58.7 Å². The zero-order valence-corrected chi connectivity index (χ0v) is 26.4. The first-order valence-corrected chi connectivity index (χ1v) is 13.5. The van der Waals surface area contributed by atoms with Gasteiger partial charge in [-0.1, -0.05) is 34.6 Å². The number of amides is 5. The summed E-state index contributed by atoms with van der Waals surface area (Å²) in [6, 6.07) is -1.15. The molecule has 0 aliphatic carbocycles. The van der Waals surface area contributed by atoms with Gasteiger partial charge in [-0.05, 0) is 13.0 Å². The van der Waals surface area contributed by atoms with Crippen molar-refractivity contribution in [3.05, 3.63) is 37.5 Å². The number of hydrogen-bond acceptors (Lipinski definition) is 15. The van der Waals surface area contributed by atoms with E-state index in [1.807, 2.05) is 5.32 Å². The Kier molecular flexibility index (Phi) is 29.1. The van der Waals surface area contributed by atoms with Crippen molar-refractivity contribution in [2.45, 2.75) is 79.6 Å². The fourth-order valence-corrected chi connectivity index (χ4v) is 2.85. The molecule has 0 aromatic heterocycles. The summed E-state index contributed by atoms with van der Waals surface area (Å²) in [7, 11) is 0.